The van der Waals surface area contributed by atoms with E-state index >= 15 is 0 Å². The molecular weight excluding hydrogens is 188 g/mol. The Bertz CT molecular complexity index is 155. The molecule has 0 radical (unpaired) electrons. The minimum absolute atomic E-state index is 0.174. The maximum absolute atomic E-state index is 11.2. The van der Waals surface area contributed by atoms with Crippen LogP contribution < -0.4 is 11.3 Å². The summed E-state index contributed by atoms with van der Waals surface area (Å²) in [6, 6.07) is 0. The Kier molecular flexibility index (Phi) is 7.03. The molecule has 0 aliphatic heterocycles. The Labute approximate surface area is 83.6 Å². The smallest absolute Gasteiger partial charge is 0.249 e. The molecule has 0 aliphatic carbocycles. The van der Waals surface area contributed by atoms with Crippen molar-refractivity contribution in [2.24, 2.45) is 5.84 Å². The first-order valence-electron chi connectivity index (χ1n) is 4.30. The van der Waals surface area contributed by atoms with Crippen LogP contribution in [0, 0.1) is 0 Å². The van der Waals surface area contributed by atoms with Gasteiger partial charge in [0, 0.05) is 12.4 Å². The number of carbonyl (C=O) groups is 1. The van der Waals surface area contributed by atoms with Crippen molar-refractivity contribution in [3.05, 3.63) is 0 Å². The number of amides is 1. The van der Waals surface area contributed by atoms with Crippen LogP contribution >= 0.6 is 11.8 Å². The molecule has 2 atom stereocenters. The molecule has 78 valence electrons. The van der Waals surface area contributed by atoms with Crippen molar-refractivity contribution in [1.29, 1.82) is 0 Å². The first kappa shape index (κ1) is 12.7. The van der Waals surface area contributed by atoms with Gasteiger partial charge in [0.2, 0.25) is 5.91 Å². The Balaban J connectivity index is 4.00. The number of ether oxygens (including phenoxy) is 1. The third kappa shape index (κ3) is 5.13. The average Bonchev–Trinajstić information content (AvgIpc) is 2.15. The summed E-state index contributed by atoms with van der Waals surface area (Å²) in [6.45, 7) is 4.57. The van der Waals surface area contributed by atoms with E-state index in [-0.39, 0.29) is 11.2 Å². The van der Waals surface area contributed by atoms with E-state index in [9.17, 15) is 4.79 Å². The Morgan fingerprint density at radius 1 is 1.69 bits per heavy atom. The molecule has 5 heteroatoms. The highest BCUT2D eigenvalue weighted by molar-refractivity contribution is 8.01. The second-order valence-electron chi connectivity index (χ2n) is 2.81. The second-order valence-corrected chi connectivity index (χ2v) is 4.45. The fraction of sp³-hybridized carbons (Fsp3) is 0.875. The summed E-state index contributed by atoms with van der Waals surface area (Å²) in [4.78, 5) is 11.2. The highest BCUT2D eigenvalue weighted by atomic mass is 32.2. The third-order valence-corrected chi connectivity index (χ3v) is 3.20. The van der Waals surface area contributed by atoms with Crippen molar-refractivity contribution in [2.75, 3.05) is 13.7 Å². The van der Waals surface area contributed by atoms with Crippen molar-refractivity contribution in [3.8, 4) is 0 Å². The van der Waals surface area contributed by atoms with Crippen LogP contribution in [0.3, 0.4) is 0 Å². The van der Waals surface area contributed by atoms with Crippen LogP contribution in [0.25, 0.3) is 0 Å². The normalized spacial score (nSPS) is 15.1. The van der Waals surface area contributed by atoms with Gasteiger partial charge in [0.25, 0.3) is 0 Å². The van der Waals surface area contributed by atoms with E-state index in [2.05, 4.69) is 19.3 Å². The third-order valence-electron chi connectivity index (χ3n) is 1.72. The minimum Gasteiger partial charge on any atom is -0.383 e. The van der Waals surface area contributed by atoms with E-state index in [1.165, 1.54) is 0 Å². The molecule has 2 unspecified atom stereocenters. The molecule has 0 bridgehead atoms. The fourth-order valence-corrected chi connectivity index (χ4v) is 1.96. The van der Waals surface area contributed by atoms with E-state index in [0.717, 1.165) is 6.42 Å². The van der Waals surface area contributed by atoms with Crippen molar-refractivity contribution < 1.29 is 9.53 Å². The van der Waals surface area contributed by atoms with Crippen LogP contribution in [-0.2, 0) is 9.53 Å². The van der Waals surface area contributed by atoms with Crippen molar-refractivity contribution in [3.63, 3.8) is 0 Å². The first-order chi connectivity index (χ1) is 6.15. The molecule has 0 rings (SSSR count). The topological polar surface area (TPSA) is 64.3 Å². The molecule has 0 saturated carbocycles. The number of hydrogen-bond acceptors (Lipinski definition) is 4. The largest absolute Gasteiger partial charge is 0.383 e. The van der Waals surface area contributed by atoms with Gasteiger partial charge in [-0.05, 0) is 6.42 Å². The van der Waals surface area contributed by atoms with Crippen molar-refractivity contribution >= 4 is 17.7 Å². The Morgan fingerprint density at radius 3 is 2.69 bits per heavy atom. The zero-order valence-electron chi connectivity index (χ0n) is 8.37. The number of methoxy groups -OCH3 is 1. The van der Waals surface area contributed by atoms with Gasteiger partial charge in [-0.25, -0.2) is 5.84 Å². The van der Waals surface area contributed by atoms with Gasteiger partial charge < -0.3 is 4.74 Å². The maximum atomic E-state index is 11.2. The number of thioether (sulfide) groups is 1. The van der Waals surface area contributed by atoms with Gasteiger partial charge in [-0.3, -0.25) is 10.2 Å². The number of hydrogen-bond donors (Lipinski definition) is 2. The van der Waals surface area contributed by atoms with Gasteiger partial charge in [0.15, 0.2) is 0 Å². The van der Waals surface area contributed by atoms with Crippen LogP contribution in [0.2, 0.25) is 0 Å². The second kappa shape index (κ2) is 7.17. The monoisotopic (exact) mass is 206 g/mol. The quantitative estimate of drug-likeness (QED) is 0.378. The van der Waals surface area contributed by atoms with E-state index in [0.29, 0.717) is 11.9 Å². The Hall–Kier alpha value is -0.260. The van der Waals surface area contributed by atoms with Gasteiger partial charge in [-0.15, -0.1) is 11.8 Å². The lowest BCUT2D eigenvalue weighted by Crippen LogP contribution is -2.40. The number of nitrogens with two attached hydrogens (primary N) is 1. The van der Waals surface area contributed by atoms with Crippen molar-refractivity contribution in [1.82, 2.24) is 5.43 Å². The van der Waals surface area contributed by atoms with Gasteiger partial charge in [0.1, 0.15) is 5.25 Å². The standard InChI is InChI=1S/C8H18N2O2S/c1-4-6(2)13-7(5-12-3)8(11)10-9/h6-7H,4-5,9H2,1-3H3,(H,10,11). The lowest BCUT2D eigenvalue weighted by molar-refractivity contribution is -0.121. The highest BCUT2D eigenvalue weighted by Gasteiger charge is 2.19. The summed E-state index contributed by atoms with van der Waals surface area (Å²) >= 11 is 1.58. The van der Waals surface area contributed by atoms with E-state index in [1.54, 1.807) is 18.9 Å². The average molecular weight is 206 g/mol. The lowest BCUT2D eigenvalue weighted by atomic mass is 10.4. The first-order valence-corrected chi connectivity index (χ1v) is 5.24. The zero-order chi connectivity index (χ0) is 10.3. The maximum Gasteiger partial charge on any atom is 0.249 e. The molecule has 13 heavy (non-hydrogen) atoms. The van der Waals surface area contributed by atoms with Gasteiger partial charge in [-0.2, -0.15) is 0 Å². The molecule has 0 aromatic heterocycles. The molecular formula is C8H18N2O2S. The highest BCUT2D eigenvalue weighted by Crippen LogP contribution is 2.20. The van der Waals surface area contributed by atoms with Gasteiger partial charge in [0.05, 0.1) is 6.61 Å². The molecule has 0 aromatic rings. The van der Waals surface area contributed by atoms with E-state index < -0.39 is 0 Å². The Morgan fingerprint density at radius 2 is 2.31 bits per heavy atom. The molecule has 0 fully saturated rings. The summed E-state index contributed by atoms with van der Waals surface area (Å²) in [7, 11) is 1.58. The van der Waals surface area contributed by atoms with E-state index in [1.807, 2.05) is 0 Å². The molecule has 0 aliphatic rings. The molecule has 0 aromatic carbocycles. The minimum atomic E-state index is -0.204. The zero-order valence-corrected chi connectivity index (χ0v) is 9.19. The van der Waals surface area contributed by atoms with Crippen LogP contribution in [0.15, 0.2) is 0 Å². The molecule has 3 N–H and O–H groups in total. The summed E-state index contributed by atoms with van der Waals surface area (Å²) < 4.78 is 4.94. The molecule has 4 nitrogen and oxygen atoms in total. The molecule has 1 amide bonds. The molecule has 0 spiro atoms. The molecule has 0 heterocycles. The van der Waals surface area contributed by atoms with Gasteiger partial charge in [-0.1, -0.05) is 13.8 Å². The summed E-state index contributed by atoms with van der Waals surface area (Å²) in [5, 5.41) is 0.238. The SMILES string of the molecule is CCC(C)SC(COC)C(=O)NN. The summed E-state index contributed by atoms with van der Waals surface area (Å²) in [5.74, 6) is 4.88. The predicted octanol–water partition coefficient (Wildman–Crippen LogP) is 0.523. The van der Waals surface area contributed by atoms with Crippen LogP contribution in [0.5, 0.6) is 0 Å². The van der Waals surface area contributed by atoms with Crippen LogP contribution in [-0.4, -0.2) is 30.1 Å². The molecule has 0 saturated heterocycles. The lowest BCUT2D eigenvalue weighted by Gasteiger charge is -2.17. The fourth-order valence-electron chi connectivity index (χ4n) is 0.798. The summed E-state index contributed by atoms with van der Waals surface area (Å²) in [5.41, 5.74) is 2.14. The number of nitrogens with one attached hydrogen (secondary N) is 1. The van der Waals surface area contributed by atoms with Crippen LogP contribution in [0.1, 0.15) is 20.3 Å². The van der Waals surface area contributed by atoms with Crippen LogP contribution in [0.4, 0.5) is 0 Å². The van der Waals surface area contributed by atoms with Crippen molar-refractivity contribution in [2.45, 2.75) is 30.8 Å². The van der Waals surface area contributed by atoms with Gasteiger partial charge >= 0.3 is 0 Å². The number of rotatable bonds is 6. The predicted molar refractivity (Wildman–Crippen MR) is 55.3 cm³/mol. The summed E-state index contributed by atoms with van der Waals surface area (Å²) in [6.07, 6.45) is 1.03. The number of carbonyl (C=O) groups excluding carboxylic acids is 1. The number of hydrazine groups is 1. The van der Waals surface area contributed by atoms with E-state index in [4.69, 9.17) is 10.6 Å².